The minimum absolute atomic E-state index is 0.0903. The summed E-state index contributed by atoms with van der Waals surface area (Å²) in [6.07, 6.45) is 1.39. The highest BCUT2D eigenvalue weighted by molar-refractivity contribution is 7.99. The lowest BCUT2D eigenvalue weighted by atomic mass is 10.2. The van der Waals surface area contributed by atoms with Crippen LogP contribution >= 0.6 is 11.8 Å². The lowest BCUT2D eigenvalue weighted by molar-refractivity contribution is -0.117. The molecule has 1 N–H and O–H groups in total. The summed E-state index contributed by atoms with van der Waals surface area (Å²) in [5.41, 5.74) is 2.86. The van der Waals surface area contributed by atoms with Gasteiger partial charge in [0.05, 0.1) is 17.1 Å². The second-order valence-electron chi connectivity index (χ2n) is 5.95. The van der Waals surface area contributed by atoms with Gasteiger partial charge >= 0.3 is 0 Å². The second kappa shape index (κ2) is 7.21. The molecule has 0 atom stereocenters. The van der Waals surface area contributed by atoms with Crippen molar-refractivity contribution in [2.75, 3.05) is 22.5 Å². The first kappa shape index (κ1) is 16.7. The summed E-state index contributed by atoms with van der Waals surface area (Å²) in [7, 11) is 0. The number of nitrogens with zero attached hydrogens (tertiary/aromatic N) is 2. The molecule has 3 aromatic rings. The van der Waals surface area contributed by atoms with Gasteiger partial charge in [-0.25, -0.2) is 4.98 Å². The van der Waals surface area contributed by atoms with Crippen LogP contribution in [0.5, 0.6) is 0 Å². The van der Waals surface area contributed by atoms with Gasteiger partial charge in [-0.1, -0.05) is 36.0 Å². The zero-order valence-electron chi connectivity index (χ0n) is 14.0. The Bertz CT molecular complexity index is 936. The van der Waals surface area contributed by atoms with Crippen molar-refractivity contribution in [3.05, 3.63) is 48.5 Å². The van der Waals surface area contributed by atoms with Crippen molar-refractivity contribution in [3.8, 4) is 0 Å². The molecule has 7 heteroatoms. The third-order valence-electron chi connectivity index (χ3n) is 4.14. The Hall–Kier alpha value is -2.80. The second-order valence-corrected chi connectivity index (χ2v) is 6.88. The number of carbonyl (C=O) groups is 2. The third kappa shape index (κ3) is 3.43. The minimum Gasteiger partial charge on any atom is -0.431 e. The van der Waals surface area contributed by atoms with Crippen LogP contribution in [0.3, 0.4) is 0 Å². The topological polar surface area (TPSA) is 75.4 Å². The first-order valence-electron chi connectivity index (χ1n) is 8.38. The third-order valence-corrected chi connectivity index (χ3v) is 4.97. The largest absolute Gasteiger partial charge is 0.431 e. The Morgan fingerprint density at radius 2 is 2.00 bits per heavy atom. The Labute approximate surface area is 154 Å². The van der Waals surface area contributed by atoms with Gasteiger partial charge in [0.1, 0.15) is 5.52 Å². The number of rotatable bonds is 5. The summed E-state index contributed by atoms with van der Waals surface area (Å²) >= 11 is 1.24. The summed E-state index contributed by atoms with van der Waals surface area (Å²) < 4.78 is 5.61. The summed E-state index contributed by atoms with van der Waals surface area (Å²) in [6.45, 7) is 0.684. The average molecular weight is 367 g/mol. The SMILES string of the molecule is O=C(CSc1nc2ccccc2o1)Nc1ccccc1N1CCCC1=O. The molecular weight excluding hydrogens is 350 g/mol. The highest BCUT2D eigenvalue weighted by Gasteiger charge is 2.24. The van der Waals surface area contributed by atoms with Gasteiger partial charge in [-0.05, 0) is 30.7 Å². The molecule has 26 heavy (non-hydrogen) atoms. The van der Waals surface area contributed by atoms with Crippen LogP contribution in [0.25, 0.3) is 11.1 Å². The first-order chi connectivity index (χ1) is 12.7. The number of oxazole rings is 1. The molecule has 1 saturated heterocycles. The molecule has 4 rings (SSSR count). The van der Waals surface area contributed by atoms with Crippen molar-refractivity contribution in [1.29, 1.82) is 0 Å². The van der Waals surface area contributed by atoms with Crippen LogP contribution < -0.4 is 10.2 Å². The van der Waals surface area contributed by atoms with Gasteiger partial charge in [-0.15, -0.1) is 0 Å². The van der Waals surface area contributed by atoms with Crippen molar-refractivity contribution in [3.63, 3.8) is 0 Å². The molecular formula is C19H17N3O3S. The summed E-state index contributed by atoms with van der Waals surface area (Å²) in [5.74, 6) is 0.0960. The molecule has 1 aliphatic heterocycles. The lowest BCUT2D eigenvalue weighted by Gasteiger charge is -2.19. The van der Waals surface area contributed by atoms with E-state index in [2.05, 4.69) is 10.3 Å². The zero-order valence-corrected chi connectivity index (χ0v) is 14.8. The summed E-state index contributed by atoms with van der Waals surface area (Å²) in [6, 6.07) is 14.9. The van der Waals surface area contributed by atoms with Crippen molar-refractivity contribution < 1.29 is 14.0 Å². The normalized spacial score (nSPS) is 14.2. The number of nitrogens with one attached hydrogen (secondary N) is 1. The summed E-state index contributed by atoms with van der Waals surface area (Å²) in [5, 5.41) is 3.35. The highest BCUT2D eigenvalue weighted by atomic mass is 32.2. The molecule has 0 unspecified atom stereocenters. The van der Waals surface area contributed by atoms with E-state index in [1.165, 1.54) is 11.8 Å². The Kier molecular flexibility index (Phi) is 4.62. The van der Waals surface area contributed by atoms with Crippen molar-refractivity contribution in [1.82, 2.24) is 4.98 Å². The van der Waals surface area contributed by atoms with Crippen LogP contribution in [0.15, 0.2) is 58.2 Å². The molecule has 1 aliphatic rings. The highest BCUT2D eigenvalue weighted by Crippen LogP contribution is 2.30. The van der Waals surface area contributed by atoms with Gasteiger partial charge < -0.3 is 14.6 Å². The molecule has 1 aromatic heterocycles. The van der Waals surface area contributed by atoms with Gasteiger partial charge in [0, 0.05) is 13.0 Å². The number of benzene rings is 2. The molecule has 2 amide bonds. The number of aromatic nitrogens is 1. The molecule has 132 valence electrons. The van der Waals surface area contributed by atoms with E-state index in [1.807, 2.05) is 48.5 Å². The van der Waals surface area contributed by atoms with Crippen LogP contribution in [-0.2, 0) is 9.59 Å². The number of hydrogen-bond donors (Lipinski definition) is 1. The molecule has 0 aliphatic carbocycles. The van der Waals surface area contributed by atoms with Crippen LogP contribution in [0.1, 0.15) is 12.8 Å². The number of fused-ring (bicyclic) bond motifs is 1. The van der Waals surface area contributed by atoms with E-state index in [0.717, 1.165) is 17.6 Å². The predicted molar refractivity (Wildman–Crippen MR) is 101 cm³/mol. The monoisotopic (exact) mass is 367 g/mol. The number of anilines is 2. The smallest absolute Gasteiger partial charge is 0.257 e. The number of thioether (sulfide) groups is 1. The minimum atomic E-state index is -0.170. The van der Waals surface area contributed by atoms with E-state index in [0.29, 0.717) is 29.5 Å². The van der Waals surface area contributed by atoms with Crippen molar-refractivity contribution in [2.45, 2.75) is 18.1 Å². The number of hydrogen-bond acceptors (Lipinski definition) is 5. The molecule has 0 radical (unpaired) electrons. The van der Waals surface area contributed by atoms with Gasteiger partial charge in [-0.3, -0.25) is 9.59 Å². The molecule has 0 bridgehead atoms. The van der Waals surface area contributed by atoms with Crippen LogP contribution in [0, 0.1) is 0 Å². The maximum atomic E-state index is 12.3. The van der Waals surface area contributed by atoms with E-state index in [1.54, 1.807) is 4.90 Å². The first-order valence-corrected chi connectivity index (χ1v) is 9.37. The zero-order chi connectivity index (χ0) is 17.9. The number of amides is 2. The fraction of sp³-hybridized carbons (Fsp3) is 0.211. The van der Waals surface area contributed by atoms with E-state index in [4.69, 9.17) is 4.42 Å². The van der Waals surface area contributed by atoms with Gasteiger partial charge in [0.25, 0.3) is 5.22 Å². The lowest BCUT2D eigenvalue weighted by Crippen LogP contribution is -2.25. The molecule has 6 nitrogen and oxygen atoms in total. The van der Waals surface area contributed by atoms with E-state index in [9.17, 15) is 9.59 Å². The van der Waals surface area contributed by atoms with E-state index >= 15 is 0 Å². The van der Waals surface area contributed by atoms with Gasteiger partial charge in [-0.2, -0.15) is 0 Å². The molecule has 2 aromatic carbocycles. The summed E-state index contributed by atoms with van der Waals surface area (Å²) in [4.78, 5) is 30.4. The van der Waals surface area contributed by atoms with E-state index < -0.39 is 0 Å². The molecule has 0 spiro atoms. The number of para-hydroxylation sites is 4. The van der Waals surface area contributed by atoms with Gasteiger partial charge in [0.15, 0.2) is 5.58 Å². The Morgan fingerprint density at radius 3 is 2.81 bits per heavy atom. The maximum absolute atomic E-state index is 12.3. The fourth-order valence-electron chi connectivity index (χ4n) is 2.94. The van der Waals surface area contributed by atoms with Crippen molar-refractivity contribution in [2.24, 2.45) is 0 Å². The molecule has 0 saturated carbocycles. The van der Waals surface area contributed by atoms with Crippen LogP contribution in [0.4, 0.5) is 11.4 Å². The molecule has 1 fully saturated rings. The van der Waals surface area contributed by atoms with E-state index in [-0.39, 0.29) is 17.6 Å². The Balaban J connectivity index is 1.43. The fourth-order valence-corrected chi connectivity index (χ4v) is 3.58. The maximum Gasteiger partial charge on any atom is 0.257 e. The van der Waals surface area contributed by atoms with Gasteiger partial charge in [0.2, 0.25) is 11.8 Å². The van der Waals surface area contributed by atoms with Crippen LogP contribution in [-0.4, -0.2) is 29.1 Å². The predicted octanol–water partition coefficient (Wildman–Crippen LogP) is 3.69. The molecule has 2 heterocycles. The Morgan fingerprint density at radius 1 is 1.19 bits per heavy atom. The number of carbonyl (C=O) groups excluding carboxylic acids is 2. The van der Waals surface area contributed by atoms with Crippen LogP contribution in [0.2, 0.25) is 0 Å². The average Bonchev–Trinajstić information content (AvgIpc) is 3.26. The quantitative estimate of drug-likeness (QED) is 0.696. The standard InChI is InChI=1S/C19H17N3O3S/c23-17(12-26-19-21-14-7-2-4-9-16(14)25-19)20-13-6-1-3-8-15(13)22-11-5-10-18(22)24/h1-4,6-9H,5,10-12H2,(H,20,23). The van der Waals surface area contributed by atoms with Crippen molar-refractivity contribution >= 4 is 46.1 Å².